The number of benzene rings is 1. The summed E-state index contributed by atoms with van der Waals surface area (Å²) in [5.74, 6) is -1.02. The van der Waals surface area contributed by atoms with Crippen LogP contribution in [-0.2, 0) is 11.3 Å². The summed E-state index contributed by atoms with van der Waals surface area (Å²) >= 11 is 6.11. The lowest BCUT2D eigenvalue weighted by Crippen LogP contribution is -2.37. The summed E-state index contributed by atoms with van der Waals surface area (Å²) in [5, 5.41) is 19.3. The van der Waals surface area contributed by atoms with Crippen LogP contribution in [0.4, 0.5) is 0 Å². The van der Waals surface area contributed by atoms with E-state index < -0.39 is 12.1 Å². The molecule has 1 heterocycles. The van der Waals surface area contributed by atoms with Crippen LogP contribution < -0.4 is 0 Å². The van der Waals surface area contributed by atoms with Gasteiger partial charge in [-0.1, -0.05) is 29.8 Å². The maximum absolute atomic E-state index is 10.7. The smallest absolute Gasteiger partial charge is 0.328 e. The normalized spacial score (nSPS) is 22.6. The predicted molar refractivity (Wildman–Crippen MR) is 73.1 cm³/mol. The molecule has 0 spiro atoms. The molecule has 5 heteroatoms. The molecule has 1 aliphatic rings. The number of nitrogens with zero attached hydrogens (tertiary/aromatic N) is 1. The summed E-state index contributed by atoms with van der Waals surface area (Å²) in [4.78, 5) is 12.8. The number of halogens is 1. The van der Waals surface area contributed by atoms with Crippen molar-refractivity contribution in [1.82, 2.24) is 4.90 Å². The van der Waals surface area contributed by atoms with Gasteiger partial charge < -0.3 is 10.2 Å². The Balaban J connectivity index is 2.07. The van der Waals surface area contributed by atoms with Crippen LogP contribution in [0.15, 0.2) is 35.9 Å². The van der Waals surface area contributed by atoms with Crippen LogP contribution in [0, 0.1) is 0 Å². The van der Waals surface area contributed by atoms with Gasteiger partial charge in [0.2, 0.25) is 0 Å². The number of hydrogen-bond acceptors (Lipinski definition) is 3. The highest BCUT2D eigenvalue weighted by atomic mass is 35.5. The third kappa shape index (κ3) is 3.80. The van der Waals surface area contributed by atoms with E-state index in [9.17, 15) is 9.90 Å². The third-order valence-electron chi connectivity index (χ3n) is 3.21. The number of aliphatic carboxylic acids is 1. The molecule has 19 heavy (non-hydrogen) atoms. The van der Waals surface area contributed by atoms with Gasteiger partial charge in [-0.25, -0.2) is 4.79 Å². The number of aliphatic hydroxyl groups excluding tert-OH is 1. The molecule has 1 fully saturated rings. The van der Waals surface area contributed by atoms with Crippen molar-refractivity contribution in [2.75, 3.05) is 13.1 Å². The van der Waals surface area contributed by atoms with E-state index >= 15 is 0 Å². The number of carboxylic acid groups (broad SMARTS) is 1. The van der Waals surface area contributed by atoms with E-state index in [-0.39, 0.29) is 0 Å². The van der Waals surface area contributed by atoms with Gasteiger partial charge in [-0.15, -0.1) is 0 Å². The molecule has 0 amide bonds. The Bertz CT molecular complexity index is 501. The zero-order chi connectivity index (χ0) is 13.8. The predicted octanol–water partition coefficient (Wildman–Crippen LogP) is 1.92. The van der Waals surface area contributed by atoms with Gasteiger partial charge in [0.15, 0.2) is 0 Å². The van der Waals surface area contributed by atoms with Crippen LogP contribution in [0.3, 0.4) is 0 Å². The minimum Gasteiger partial charge on any atom is -0.478 e. The van der Waals surface area contributed by atoms with Gasteiger partial charge in [-0.05, 0) is 23.6 Å². The van der Waals surface area contributed by atoms with Gasteiger partial charge in [0.1, 0.15) is 0 Å². The number of hydrogen-bond donors (Lipinski definition) is 2. The van der Waals surface area contributed by atoms with Crippen LogP contribution in [0.2, 0.25) is 5.02 Å². The van der Waals surface area contributed by atoms with E-state index in [1.54, 1.807) is 0 Å². The van der Waals surface area contributed by atoms with Crippen molar-refractivity contribution in [2.24, 2.45) is 0 Å². The first-order chi connectivity index (χ1) is 9.06. The lowest BCUT2D eigenvalue weighted by Gasteiger charge is -2.31. The topological polar surface area (TPSA) is 60.8 Å². The number of carboxylic acids is 1. The molecule has 2 rings (SSSR count). The first-order valence-corrected chi connectivity index (χ1v) is 6.51. The van der Waals surface area contributed by atoms with Crippen molar-refractivity contribution in [1.29, 1.82) is 0 Å². The third-order valence-corrected chi connectivity index (χ3v) is 3.58. The molecule has 1 atom stereocenters. The van der Waals surface area contributed by atoms with Crippen molar-refractivity contribution < 1.29 is 15.0 Å². The van der Waals surface area contributed by atoms with E-state index in [0.717, 1.165) is 18.2 Å². The fourth-order valence-electron chi connectivity index (χ4n) is 2.24. The molecular weight excluding hydrogens is 266 g/mol. The highest BCUT2D eigenvalue weighted by Crippen LogP contribution is 2.22. The Morgan fingerprint density at radius 3 is 2.89 bits per heavy atom. The number of carbonyl (C=O) groups is 1. The van der Waals surface area contributed by atoms with Gasteiger partial charge in [0, 0.05) is 30.7 Å². The number of piperidine rings is 1. The van der Waals surface area contributed by atoms with E-state index in [1.807, 2.05) is 24.3 Å². The standard InChI is InChI=1S/C14H16ClNO3/c15-12-4-2-1-3-10(12)8-16-6-5-13(17)11(9-16)7-14(18)19/h1-4,7,13,17H,5-6,8-9H2,(H,18,19). The molecular formula is C14H16ClNO3. The first-order valence-electron chi connectivity index (χ1n) is 6.13. The average Bonchev–Trinajstić information content (AvgIpc) is 2.35. The molecule has 0 aliphatic carbocycles. The molecule has 1 aromatic carbocycles. The maximum Gasteiger partial charge on any atom is 0.328 e. The quantitative estimate of drug-likeness (QED) is 0.831. The summed E-state index contributed by atoms with van der Waals surface area (Å²) in [7, 11) is 0. The molecule has 0 bridgehead atoms. The molecule has 0 radical (unpaired) electrons. The summed E-state index contributed by atoms with van der Waals surface area (Å²) in [6.07, 6.45) is 0.992. The summed E-state index contributed by atoms with van der Waals surface area (Å²) < 4.78 is 0. The van der Waals surface area contributed by atoms with Crippen LogP contribution in [0.1, 0.15) is 12.0 Å². The second kappa shape index (κ2) is 6.19. The van der Waals surface area contributed by atoms with Gasteiger partial charge >= 0.3 is 5.97 Å². The van der Waals surface area contributed by atoms with Crippen LogP contribution in [0.5, 0.6) is 0 Å². The largest absolute Gasteiger partial charge is 0.478 e. The monoisotopic (exact) mass is 281 g/mol. The average molecular weight is 282 g/mol. The lowest BCUT2D eigenvalue weighted by molar-refractivity contribution is -0.131. The molecule has 1 saturated heterocycles. The van der Waals surface area contributed by atoms with Crippen molar-refractivity contribution in [3.63, 3.8) is 0 Å². The zero-order valence-corrected chi connectivity index (χ0v) is 11.2. The number of likely N-dealkylation sites (tertiary alicyclic amines) is 1. The van der Waals surface area contributed by atoms with Gasteiger partial charge in [-0.3, -0.25) is 4.90 Å². The van der Waals surface area contributed by atoms with Crippen LogP contribution in [-0.4, -0.2) is 40.3 Å². The summed E-state index contributed by atoms with van der Waals surface area (Å²) in [6, 6.07) is 7.59. The second-order valence-corrected chi connectivity index (χ2v) is 5.07. The Hall–Kier alpha value is -1.36. The molecule has 0 saturated carbocycles. The molecule has 0 aromatic heterocycles. The Morgan fingerprint density at radius 2 is 2.21 bits per heavy atom. The molecule has 1 aliphatic heterocycles. The summed E-state index contributed by atoms with van der Waals surface area (Å²) in [5.41, 5.74) is 1.56. The molecule has 4 nitrogen and oxygen atoms in total. The highest BCUT2D eigenvalue weighted by molar-refractivity contribution is 6.31. The molecule has 102 valence electrons. The Morgan fingerprint density at radius 1 is 1.47 bits per heavy atom. The highest BCUT2D eigenvalue weighted by Gasteiger charge is 2.23. The molecule has 1 aromatic rings. The molecule has 2 N–H and O–H groups in total. The van der Waals surface area contributed by atoms with Crippen molar-refractivity contribution in [3.05, 3.63) is 46.5 Å². The van der Waals surface area contributed by atoms with E-state index in [1.165, 1.54) is 0 Å². The van der Waals surface area contributed by atoms with Crippen molar-refractivity contribution in [3.8, 4) is 0 Å². The van der Waals surface area contributed by atoms with Crippen molar-refractivity contribution in [2.45, 2.75) is 19.1 Å². The fraction of sp³-hybridized carbons (Fsp3) is 0.357. The first kappa shape index (κ1) is 14.1. The van der Waals surface area contributed by atoms with E-state index in [0.29, 0.717) is 30.1 Å². The minimum atomic E-state index is -1.02. The maximum atomic E-state index is 10.7. The summed E-state index contributed by atoms with van der Waals surface area (Å²) in [6.45, 7) is 1.84. The van der Waals surface area contributed by atoms with E-state index in [2.05, 4.69) is 4.90 Å². The van der Waals surface area contributed by atoms with Gasteiger partial charge in [0.05, 0.1) is 6.10 Å². The fourth-order valence-corrected chi connectivity index (χ4v) is 2.43. The van der Waals surface area contributed by atoms with Crippen molar-refractivity contribution >= 4 is 17.6 Å². The van der Waals surface area contributed by atoms with Crippen LogP contribution in [0.25, 0.3) is 0 Å². The SMILES string of the molecule is O=C(O)C=C1CN(Cc2ccccc2Cl)CCC1O. The van der Waals surface area contributed by atoms with E-state index in [4.69, 9.17) is 16.7 Å². The number of aliphatic hydroxyl groups is 1. The van der Waals surface area contributed by atoms with Crippen LogP contribution >= 0.6 is 11.6 Å². The lowest BCUT2D eigenvalue weighted by atomic mass is 10.0. The van der Waals surface area contributed by atoms with Gasteiger partial charge in [-0.2, -0.15) is 0 Å². The number of rotatable bonds is 3. The Kier molecular flexibility index (Phi) is 4.58. The molecule has 1 unspecified atom stereocenters. The zero-order valence-electron chi connectivity index (χ0n) is 10.4. The Labute approximate surface area is 116 Å². The second-order valence-electron chi connectivity index (χ2n) is 4.66. The van der Waals surface area contributed by atoms with Gasteiger partial charge in [0.25, 0.3) is 0 Å². The minimum absolute atomic E-state index is 0.457.